The Morgan fingerprint density at radius 1 is 1.08 bits per heavy atom. The molecule has 2 aromatic carbocycles. The minimum atomic E-state index is -0.525. The molecule has 0 aliphatic carbocycles. The average Bonchev–Trinajstić information content (AvgIpc) is 2.63. The first kappa shape index (κ1) is 19.1. The molecule has 0 bridgehead atoms. The number of para-hydroxylation sites is 2. The average molecular weight is 357 g/mol. The van der Waals surface area contributed by atoms with E-state index in [9.17, 15) is 14.0 Å². The lowest BCUT2D eigenvalue weighted by molar-refractivity contribution is -0.124. The minimum Gasteiger partial charge on any atom is -0.493 e. The molecule has 2 amide bonds. The lowest BCUT2D eigenvalue weighted by Crippen LogP contribution is -2.21. The Balaban J connectivity index is 1.78. The SMILES string of the molecule is CCOc1ccccc1C=NNC(=O)CCC(=O)Nc1ccccc1F. The number of rotatable bonds is 8. The zero-order valence-electron chi connectivity index (χ0n) is 14.4. The van der Waals surface area contributed by atoms with Gasteiger partial charge in [0.15, 0.2) is 0 Å². The van der Waals surface area contributed by atoms with E-state index in [-0.39, 0.29) is 18.5 Å². The summed E-state index contributed by atoms with van der Waals surface area (Å²) in [4.78, 5) is 23.5. The molecule has 0 aliphatic rings. The molecule has 2 N–H and O–H groups in total. The summed E-state index contributed by atoms with van der Waals surface area (Å²) < 4.78 is 18.9. The highest BCUT2D eigenvalue weighted by Gasteiger charge is 2.09. The van der Waals surface area contributed by atoms with Crippen molar-refractivity contribution in [1.29, 1.82) is 0 Å². The van der Waals surface area contributed by atoms with Crippen molar-refractivity contribution in [3.05, 3.63) is 59.9 Å². The summed E-state index contributed by atoms with van der Waals surface area (Å²) in [6.45, 7) is 2.40. The second-order valence-corrected chi connectivity index (χ2v) is 5.29. The molecule has 0 spiro atoms. The Kier molecular flexibility index (Phi) is 7.30. The van der Waals surface area contributed by atoms with Crippen LogP contribution in [0.25, 0.3) is 0 Å². The summed E-state index contributed by atoms with van der Waals surface area (Å²) in [5.74, 6) is -0.727. The van der Waals surface area contributed by atoms with Gasteiger partial charge in [0.1, 0.15) is 11.6 Å². The molecule has 0 unspecified atom stereocenters. The largest absolute Gasteiger partial charge is 0.493 e. The molecule has 7 heteroatoms. The first-order valence-corrected chi connectivity index (χ1v) is 8.18. The standard InChI is InChI=1S/C19H20FN3O3/c1-2-26-17-10-6-3-7-14(17)13-21-23-19(25)12-11-18(24)22-16-9-5-4-8-15(16)20/h3-10,13H,2,11-12H2,1H3,(H,22,24)(H,23,25). The summed E-state index contributed by atoms with van der Waals surface area (Å²) >= 11 is 0. The van der Waals surface area contributed by atoms with Crippen LogP contribution in [0.5, 0.6) is 5.75 Å². The normalized spacial score (nSPS) is 10.5. The maximum absolute atomic E-state index is 13.4. The fourth-order valence-electron chi connectivity index (χ4n) is 2.11. The van der Waals surface area contributed by atoms with Crippen molar-refractivity contribution >= 4 is 23.7 Å². The van der Waals surface area contributed by atoms with E-state index < -0.39 is 17.6 Å². The number of carbonyl (C=O) groups is 2. The third-order valence-electron chi connectivity index (χ3n) is 3.34. The summed E-state index contributed by atoms with van der Waals surface area (Å²) in [6.07, 6.45) is 1.33. The fraction of sp³-hybridized carbons (Fsp3) is 0.211. The first-order valence-electron chi connectivity index (χ1n) is 8.18. The zero-order chi connectivity index (χ0) is 18.8. The van der Waals surface area contributed by atoms with Gasteiger partial charge in [-0.15, -0.1) is 0 Å². The Labute approximate surface area is 151 Å². The van der Waals surface area contributed by atoms with Crippen molar-refractivity contribution in [2.45, 2.75) is 19.8 Å². The molecule has 0 saturated carbocycles. The Hall–Kier alpha value is -3.22. The van der Waals surface area contributed by atoms with Crippen molar-refractivity contribution in [3.8, 4) is 5.75 Å². The number of anilines is 1. The second-order valence-electron chi connectivity index (χ2n) is 5.29. The van der Waals surface area contributed by atoms with Gasteiger partial charge in [-0.2, -0.15) is 5.10 Å². The maximum atomic E-state index is 13.4. The lowest BCUT2D eigenvalue weighted by atomic mass is 10.2. The Morgan fingerprint density at radius 2 is 1.77 bits per heavy atom. The highest BCUT2D eigenvalue weighted by atomic mass is 19.1. The van der Waals surface area contributed by atoms with Gasteiger partial charge in [-0.25, -0.2) is 9.82 Å². The molecule has 136 valence electrons. The van der Waals surface area contributed by atoms with Gasteiger partial charge in [-0.05, 0) is 31.2 Å². The molecular weight excluding hydrogens is 337 g/mol. The Morgan fingerprint density at radius 3 is 2.54 bits per heavy atom. The van der Waals surface area contributed by atoms with E-state index in [0.717, 1.165) is 5.56 Å². The number of hydrogen-bond donors (Lipinski definition) is 2. The van der Waals surface area contributed by atoms with Gasteiger partial charge in [-0.1, -0.05) is 24.3 Å². The number of nitrogens with zero attached hydrogens (tertiary/aromatic N) is 1. The number of hydrogen-bond acceptors (Lipinski definition) is 4. The van der Waals surface area contributed by atoms with Gasteiger partial charge >= 0.3 is 0 Å². The number of benzene rings is 2. The van der Waals surface area contributed by atoms with E-state index in [0.29, 0.717) is 12.4 Å². The van der Waals surface area contributed by atoms with Crippen molar-refractivity contribution in [3.63, 3.8) is 0 Å². The van der Waals surface area contributed by atoms with E-state index in [1.807, 2.05) is 25.1 Å². The van der Waals surface area contributed by atoms with Crippen LogP contribution >= 0.6 is 0 Å². The number of nitrogens with one attached hydrogen (secondary N) is 2. The van der Waals surface area contributed by atoms with Crippen molar-refractivity contribution in [2.75, 3.05) is 11.9 Å². The van der Waals surface area contributed by atoms with Crippen molar-refractivity contribution in [1.82, 2.24) is 5.43 Å². The van der Waals surface area contributed by atoms with Gasteiger partial charge in [-0.3, -0.25) is 9.59 Å². The number of amides is 2. The van der Waals surface area contributed by atoms with Crippen LogP contribution in [0.4, 0.5) is 10.1 Å². The molecule has 0 heterocycles. The number of ether oxygens (including phenoxy) is 1. The molecular formula is C19H20FN3O3. The van der Waals surface area contributed by atoms with E-state index >= 15 is 0 Å². The van der Waals surface area contributed by atoms with Gasteiger partial charge < -0.3 is 10.1 Å². The van der Waals surface area contributed by atoms with Crippen molar-refractivity contribution < 1.29 is 18.7 Å². The van der Waals surface area contributed by atoms with E-state index in [1.165, 1.54) is 24.4 Å². The first-order chi connectivity index (χ1) is 12.6. The van der Waals surface area contributed by atoms with Gasteiger partial charge in [0.25, 0.3) is 0 Å². The van der Waals surface area contributed by atoms with E-state index in [2.05, 4.69) is 15.8 Å². The highest BCUT2D eigenvalue weighted by molar-refractivity contribution is 5.93. The third kappa shape index (κ3) is 6.01. The smallest absolute Gasteiger partial charge is 0.240 e. The Bertz CT molecular complexity index is 793. The fourth-order valence-corrected chi connectivity index (χ4v) is 2.11. The summed E-state index contributed by atoms with van der Waals surface area (Å²) in [7, 11) is 0. The predicted octanol–water partition coefficient (Wildman–Crippen LogP) is 3.09. The summed E-state index contributed by atoms with van der Waals surface area (Å²) in [5, 5.41) is 6.28. The molecule has 0 aromatic heterocycles. The number of halogens is 1. The summed E-state index contributed by atoms with van der Waals surface area (Å²) in [6, 6.07) is 13.1. The van der Waals surface area contributed by atoms with Crippen LogP contribution < -0.4 is 15.5 Å². The van der Waals surface area contributed by atoms with Gasteiger partial charge in [0.05, 0.1) is 18.5 Å². The second kappa shape index (κ2) is 9.93. The number of hydrazone groups is 1. The minimum absolute atomic E-state index is 0.0647. The molecule has 6 nitrogen and oxygen atoms in total. The molecule has 0 fully saturated rings. The molecule has 2 aromatic rings. The van der Waals surface area contributed by atoms with Gasteiger partial charge in [0, 0.05) is 18.4 Å². The number of carbonyl (C=O) groups excluding carboxylic acids is 2. The van der Waals surface area contributed by atoms with Crippen LogP contribution in [0.3, 0.4) is 0 Å². The quantitative estimate of drug-likeness (QED) is 0.563. The van der Waals surface area contributed by atoms with Crippen molar-refractivity contribution in [2.24, 2.45) is 5.10 Å². The van der Waals surface area contributed by atoms with Gasteiger partial charge in [0.2, 0.25) is 11.8 Å². The van der Waals surface area contributed by atoms with Crippen LogP contribution in [0.2, 0.25) is 0 Å². The topological polar surface area (TPSA) is 79.8 Å². The molecule has 0 atom stereocenters. The zero-order valence-corrected chi connectivity index (χ0v) is 14.4. The molecule has 0 radical (unpaired) electrons. The molecule has 0 saturated heterocycles. The van der Waals surface area contributed by atoms with Crippen LogP contribution in [0.1, 0.15) is 25.3 Å². The summed E-state index contributed by atoms with van der Waals surface area (Å²) in [5.41, 5.74) is 3.17. The molecule has 2 rings (SSSR count). The van der Waals surface area contributed by atoms with E-state index in [1.54, 1.807) is 12.1 Å². The van der Waals surface area contributed by atoms with Crippen LogP contribution in [0, 0.1) is 5.82 Å². The lowest BCUT2D eigenvalue weighted by Gasteiger charge is -2.06. The van der Waals surface area contributed by atoms with Crippen LogP contribution in [0.15, 0.2) is 53.6 Å². The molecule has 0 aliphatic heterocycles. The predicted molar refractivity (Wildman–Crippen MR) is 97.6 cm³/mol. The molecule has 26 heavy (non-hydrogen) atoms. The monoisotopic (exact) mass is 357 g/mol. The van der Waals surface area contributed by atoms with Crippen LogP contribution in [-0.2, 0) is 9.59 Å². The van der Waals surface area contributed by atoms with E-state index in [4.69, 9.17) is 4.74 Å². The third-order valence-corrected chi connectivity index (χ3v) is 3.34. The highest BCUT2D eigenvalue weighted by Crippen LogP contribution is 2.15. The maximum Gasteiger partial charge on any atom is 0.240 e. The van der Waals surface area contributed by atoms with Crippen LogP contribution in [-0.4, -0.2) is 24.6 Å².